The van der Waals surface area contributed by atoms with Gasteiger partial charge in [0.15, 0.2) is 0 Å². The molecule has 0 aliphatic rings. The van der Waals surface area contributed by atoms with Crippen LogP contribution in [0.5, 0.6) is 0 Å². The fraction of sp³-hybridized carbons (Fsp3) is 0.538. The predicted molar refractivity (Wildman–Crippen MR) is 71.2 cm³/mol. The Morgan fingerprint density at radius 1 is 1.38 bits per heavy atom. The van der Waals surface area contributed by atoms with Crippen LogP contribution < -0.4 is 10.6 Å². The van der Waals surface area contributed by atoms with Crippen LogP contribution in [-0.4, -0.2) is 25.7 Å². The molecule has 0 aliphatic carbocycles. The summed E-state index contributed by atoms with van der Waals surface area (Å²) in [4.78, 5) is 0. The number of hydrogen-bond acceptors (Lipinski definition) is 2. The van der Waals surface area contributed by atoms with Gasteiger partial charge in [-0.2, -0.15) is 0 Å². The Labute approximate surface area is 103 Å². The Morgan fingerprint density at radius 2 is 2.19 bits per heavy atom. The molecule has 0 fully saturated rings. The molecule has 0 bridgehead atoms. The van der Waals surface area contributed by atoms with Crippen molar-refractivity contribution in [3.63, 3.8) is 0 Å². The minimum atomic E-state index is 0.513. The molecule has 1 atom stereocenters. The van der Waals surface area contributed by atoms with Gasteiger partial charge in [-0.3, -0.25) is 0 Å². The first kappa shape index (κ1) is 13.5. The zero-order valence-electron chi connectivity index (χ0n) is 10.1. The second kappa shape index (κ2) is 7.66. The molecule has 0 radical (unpaired) electrons. The highest BCUT2D eigenvalue weighted by molar-refractivity contribution is 6.30. The Bertz CT molecular complexity index is 302. The van der Waals surface area contributed by atoms with Crippen molar-refractivity contribution in [2.75, 3.05) is 19.6 Å². The highest BCUT2D eigenvalue weighted by Gasteiger charge is 1.99. The molecule has 0 saturated heterocycles. The molecule has 1 aromatic carbocycles. The largest absolute Gasteiger partial charge is 0.315 e. The number of halogens is 1. The van der Waals surface area contributed by atoms with E-state index >= 15 is 0 Å². The lowest BCUT2D eigenvalue weighted by Gasteiger charge is -2.13. The summed E-state index contributed by atoms with van der Waals surface area (Å²) in [5.74, 6) is 0. The van der Waals surface area contributed by atoms with E-state index in [-0.39, 0.29) is 0 Å². The highest BCUT2D eigenvalue weighted by atomic mass is 35.5. The van der Waals surface area contributed by atoms with Crippen LogP contribution in [0.2, 0.25) is 5.02 Å². The van der Waals surface area contributed by atoms with E-state index in [0.717, 1.165) is 31.1 Å². The lowest BCUT2D eigenvalue weighted by Crippen LogP contribution is -2.37. The fourth-order valence-corrected chi connectivity index (χ4v) is 1.80. The third-order valence-corrected chi connectivity index (χ3v) is 2.73. The van der Waals surface area contributed by atoms with Gasteiger partial charge in [-0.15, -0.1) is 0 Å². The average Bonchev–Trinajstić information content (AvgIpc) is 2.26. The van der Waals surface area contributed by atoms with E-state index in [1.165, 1.54) is 5.56 Å². The molecule has 3 heteroatoms. The summed E-state index contributed by atoms with van der Waals surface area (Å²) in [6.45, 7) is 7.36. The molecular formula is C13H21ClN2. The van der Waals surface area contributed by atoms with Crippen LogP contribution in [0.15, 0.2) is 24.3 Å². The van der Waals surface area contributed by atoms with Crippen molar-refractivity contribution in [1.82, 2.24) is 10.6 Å². The SMILES string of the molecule is CCNCC(C)NCCc1cccc(Cl)c1. The van der Waals surface area contributed by atoms with E-state index in [4.69, 9.17) is 11.6 Å². The maximum atomic E-state index is 5.92. The molecule has 0 aromatic heterocycles. The first-order valence-electron chi connectivity index (χ1n) is 5.91. The van der Waals surface area contributed by atoms with E-state index in [1.807, 2.05) is 18.2 Å². The summed E-state index contributed by atoms with van der Waals surface area (Å²) < 4.78 is 0. The molecule has 0 heterocycles. The van der Waals surface area contributed by atoms with Gasteiger partial charge < -0.3 is 10.6 Å². The number of hydrogen-bond donors (Lipinski definition) is 2. The van der Waals surface area contributed by atoms with Gasteiger partial charge >= 0.3 is 0 Å². The zero-order valence-corrected chi connectivity index (χ0v) is 10.8. The van der Waals surface area contributed by atoms with Crippen LogP contribution in [0.4, 0.5) is 0 Å². The van der Waals surface area contributed by atoms with Gasteiger partial charge in [0.2, 0.25) is 0 Å². The van der Waals surface area contributed by atoms with Gasteiger partial charge in [-0.05, 0) is 44.1 Å². The predicted octanol–water partition coefficient (Wildman–Crippen LogP) is 2.47. The van der Waals surface area contributed by atoms with Crippen molar-refractivity contribution >= 4 is 11.6 Å². The standard InChI is InChI=1S/C13H21ClN2/c1-3-15-10-11(2)16-8-7-12-5-4-6-13(14)9-12/h4-6,9,11,15-16H,3,7-8,10H2,1-2H3. The van der Waals surface area contributed by atoms with Crippen molar-refractivity contribution in [2.24, 2.45) is 0 Å². The molecule has 0 aliphatic heterocycles. The molecule has 0 spiro atoms. The first-order valence-corrected chi connectivity index (χ1v) is 6.28. The summed E-state index contributed by atoms with van der Waals surface area (Å²) in [5, 5.41) is 7.62. The molecule has 1 unspecified atom stereocenters. The number of nitrogens with one attached hydrogen (secondary N) is 2. The highest BCUT2D eigenvalue weighted by Crippen LogP contribution is 2.10. The summed E-state index contributed by atoms with van der Waals surface area (Å²) >= 11 is 5.92. The van der Waals surface area contributed by atoms with Gasteiger partial charge in [-0.25, -0.2) is 0 Å². The Balaban J connectivity index is 2.20. The first-order chi connectivity index (χ1) is 7.72. The monoisotopic (exact) mass is 240 g/mol. The normalized spacial score (nSPS) is 12.7. The maximum Gasteiger partial charge on any atom is 0.0408 e. The van der Waals surface area contributed by atoms with Crippen molar-refractivity contribution < 1.29 is 0 Å². The number of benzene rings is 1. The lowest BCUT2D eigenvalue weighted by molar-refractivity contribution is 0.512. The second-order valence-corrected chi connectivity index (χ2v) is 4.48. The van der Waals surface area contributed by atoms with Gasteiger partial charge in [-0.1, -0.05) is 30.7 Å². The molecule has 2 nitrogen and oxygen atoms in total. The quantitative estimate of drug-likeness (QED) is 0.765. The van der Waals surface area contributed by atoms with Crippen molar-refractivity contribution in [3.8, 4) is 0 Å². The topological polar surface area (TPSA) is 24.1 Å². The van der Waals surface area contributed by atoms with E-state index in [2.05, 4.69) is 30.5 Å². The van der Waals surface area contributed by atoms with Gasteiger partial charge in [0.1, 0.15) is 0 Å². The minimum absolute atomic E-state index is 0.513. The molecular weight excluding hydrogens is 220 g/mol. The third-order valence-electron chi connectivity index (χ3n) is 2.50. The maximum absolute atomic E-state index is 5.92. The van der Waals surface area contributed by atoms with E-state index in [9.17, 15) is 0 Å². The fourth-order valence-electron chi connectivity index (χ4n) is 1.59. The summed E-state index contributed by atoms with van der Waals surface area (Å²) in [6.07, 6.45) is 1.02. The molecule has 1 rings (SSSR count). The zero-order chi connectivity index (χ0) is 11.8. The van der Waals surface area contributed by atoms with Gasteiger partial charge in [0, 0.05) is 17.6 Å². The van der Waals surface area contributed by atoms with E-state index < -0.39 is 0 Å². The molecule has 2 N–H and O–H groups in total. The van der Waals surface area contributed by atoms with E-state index in [1.54, 1.807) is 0 Å². The summed E-state index contributed by atoms with van der Waals surface area (Å²) in [7, 11) is 0. The van der Waals surface area contributed by atoms with Crippen molar-refractivity contribution in [3.05, 3.63) is 34.9 Å². The van der Waals surface area contributed by atoms with Crippen LogP contribution >= 0.6 is 11.6 Å². The molecule has 16 heavy (non-hydrogen) atoms. The van der Waals surface area contributed by atoms with Gasteiger partial charge in [0.05, 0.1) is 0 Å². The Morgan fingerprint density at radius 3 is 2.88 bits per heavy atom. The van der Waals surface area contributed by atoms with E-state index in [0.29, 0.717) is 6.04 Å². The molecule has 90 valence electrons. The number of likely N-dealkylation sites (N-methyl/N-ethyl adjacent to an activating group) is 1. The van der Waals surface area contributed by atoms with Crippen LogP contribution in [-0.2, 0) is 6.42 Å². The lowest BCUT2D eigenvalue weighted by atomic mass is 10.1. The van der Waals surface area contributed by atoms with Crippen molar-refractivity contribution in [2.45, 2.75) is 26.3 Å². The Hall–Kier alpha value is -0.570. The molecule has 1 aromatic rings. The smallest absolute Gasteiger partial charge is 0.0408 e. The van der Waals surface area contributed by atoms with Crippen LogP contribution in [0.25, 0.3) is 0 Å². The Kier molecular flexibility index (Phi) is 6.46. The van der Waals surface area contributed by atoms with Crippen LogP contribution in [0.1, 0.15) is 19.4 Å². The third kappa shape index (κ3) is 5.50. The summed E-state index contributed by atoms with van der Waals surface area (Å²) in [5.41, 5.74) is 1.29. The van der Waals surface area contributed by atoms with Crippen LogP contribution in [0.3, 0.4) is 0 Å². The van der Waals surface area contributed by atoms with Crippen molar-refractivity contribution in [1.29, 1.82) is 0 Å². The average molecular weight is 241 g/mol. The minimum Gasteiger partial charge on any atom is -0.315 e. The van der Waals surface area contributed by atoms with Crippen LogP contribution in [0, 0.1) is 0 Å². The molecule has 0 amide bonds. The van der Waals surface area contributed by atoms with Gasteiger partial charge in [0.25, 0.3) is 0 Å². The summed E-state index contributed by atoms with van der Waals surface area (Å²) in [6, 6.07) is 8.56. The second-order valence-electron chi connectivity index (χ2n) is 4.04. The number of rotatable bonds is 7. The molecule has 0 saturated carbocycles.